The van der Waals surface area contributed by atoms with Gasteiger partial charge >= 0.3 is 33.0 Å². The Morgan fingerprint density at radius 2 is 1.29 bits per heavy atom. The van der Waals surface area contributed by atoms with Gasteiger partial charge in [-0.25, -0.2) is 0 Å². The number of nitrogens with zero attached hydrogens (tertiary/aromatic N) is 2. The van der Waals surface area contributed by atoms with Crippen molar-refractivity contribution in [3.63, 3.8) is 0 Å². The molecule has 21 heavy (non-hydrogen) atoms. The van der Waals surface area contributed by atoms with Crippen LogP contribution in [0.4, 0.5) is 25.2 Å². The van der Waals surface area contributed by atoms with Crippen molar-refractivity contribution in [2.75, 3.05) is 30.5 Å². The molecule has 0 radical (unpaired) electrons. The summed E-state index contributed by atoms with van der Waals surface area (Å²) in [6, 6.07) is 3.54. The first-order valence-electron chi connectivity index (χ1n) is 5.16. The molecule has 0 aromatic rings. The van der Waals surface area contributed by atoms with E-state index >= 15 is 0 Å². The molecule has 0 rings (SSSR count). The topological polar surface area (TPSA) is 88.0 Å². The molecule has 0 aliphatic carbocycles. The first-order chi connectivity index (χ1) is 9.23. The molecule has 4 nitrogen and oxygen atoms in total. The molecule has 0 unspecified atom stereocenters. The van der Waals surface area contributed by atoms with Gasteiger partial charge in [-0.3, -0.25) is 0 Å². The average Bonchev–Trinajstić information content (AvgIpc) is 2.26. The van der Waals surface area contributed by atoms with Gasteiger partial charge in [-0.05, 0) is 17.0 Å². The summed E-state index contributed by atoms with van der Waals surface area (Å²) in [7, 11) is -10.8. The van der Waals surface area contributed by atoms with Gasteiger partial charge in [0, 0.05) is 0 Å². The van der Waals surface area contributed by atoms with Gasteiger partial charge in [0.25, 0.3) is 0 Å². The summed E-state index contributed by atoms with van der Waals surface area (Å²) < 4.78 is 59.2. The van der Waals surface area contributed by atoms with E-state index in [1.807, 2.05) is 0 Å². The molecule has 0 heterocycles. The average molecular weight is 358 g/mol. The quantitative estimate of drug-likeness (QED) is 0.331. The number of nitriles is 2. The van der Waals surface area contributed by atoms with E-state index in [1.54, 1.807) is 18.2 Å². The van der Waals surface area contributed by atoms with Gasteiger partial charge in [-0.1, -0.05) is 0 Å². The zero-order valence-corrected chi connectivity index (χ0v) is 12.2. The van der Waals surface area contributed by atoms with Crippen molar-refractivity contribution in [3.8, 4) is 12.1 Å². The Labute approximate surface area is 119 Å². The Hall–Kier alpha value is -1.00. The molecule has 0 saturated heterocycles. The Balaban J connectivity index is 0. The molecule has 0 bridgehead atoms. The molecule has 124 valence electrons. The molecule has 0 aromatic carbocycles. The zero-order chi connectivity index (χ0) is 17.2. The number of halogens is 6. The summed E-state index contributed by atoms with van der Waals surface area (Å²) in [4.78, 5) is 0. The van der Waals surface area contributed by atoms with Crippen LogP contribution in [0, 0.1) is 22.7 Å². The molecular formula is C9H13F6N2O2PS. The third kappa shape index (κ3) is 28.0. The van der Waals surface area contributed by atoms with Crippen LogP contribution in [-0.2, 0) is 10.9 Å². The molecule has 0 saturated carbocycles. The van der Waals surface area contributed by atoms with Crippen LogP contribution in [0.3, 0.4) is 0 Å². The fourth-order valence-corrected chi connectivity index (χ4v) is 2.30. The smallest absolute Gasteiger partial charge is 0.131 e. The zero-order valence-electron chi connectivity index (χ0n) is 10.5. The minimum absolute atomic E-state index is 0.0748. The molecule has 0 atom stereocenters. The maximum Gasteiger partial charge on any atom is 0.131 e. The maximum absolute atomic E-state index is 10.7. The first-order valence-corrected chi connectivity index (χ1v) is 8.92. The SMILES string of the molecule is F[P-](F)(F)(F)(F)F.N#CC(C#N)=CC[S+](CCO)CCO. The largest absolute Gasteiger partial charge is 0.391 e. The monoisotopic (exact) mass is 358 g/mol. The van der Waals surface area contributed by atoms with E-state index in [1.165, 1.54) is 0 Å². The number of allylic oxidation sites excluding steroid dienone is 1. The second-order valence-corrected chi connectivity index (χ2v) is 7.73. The van der Waals surface area contributed by atoms with Crippen LogP contribution in [0.25, 0.3) is 0 Å². The molecule has 0 aromatic heterocycles. The molecule has 12 heteroatoms. The van der Waals surface area contributed by atoms with E-state index in [4.69, 9.17) is 20.7 Å². The van der Waals surface area contributed by atoms with E-state index in [2.05, 4.69) is 0 Å². The minimum atomic E-state index is -10.7. The summed E-state index contributed by atoms with van der Waals surface area (Å²) in [5, 5.41) is 34.4. The molecule has 0 spiro atoms. The first kappa shape index (κ1) is 22.3. The van der Waals surface area contributed by atoms with Crippen molar-refractivity contribution in [1.29, 1.82) is 10.5 Å². The van der Waals surface area contributed by atoms with Crippen molar-refractivity contribution in [2.24, 2.45) is 0 Å². The van der Waals surface area contributed by atoms with Gasteiger partial charge in [-0.15, -0.1) is 0 Å². The number of aliphatic hydroxyl groups excluding tert-OH is 2. The van der Waals surface area contributed by atoms with Crippen LogP contribution >= 0.6 is 7.81 Å². The van der Waals surface area contributed by atoms with Crippen LogP contribution in [0.1, 0.15) is 0 Å². The van der Waals surface area contributed by atoms with E-state index in [0.29, 0.717) is 17.3 Å². The van der Waals surface area contributed by atoms with Gasteiger partial charge in [0.1, 0.15) is 35.0 Å². The predicted octanol–water partition coefficient (Wildman–Crippen LogP) is 2.95. The molecule has 0 fully saturated rings. The number of hydrogen-bond acceptors (Lipinski definition) is 4. The van der Waals surface area contributed by atoms with Crippen molar-refractivity contribution < 1.29 is 35.4 Å². The molecule has 0 aliphatic heterocycles. The minimum Gasteiger partial charge on any atom is -0.391 e. The third-order valence-electron chi connectivity index (χ3n) is 1.52. The number of hydrogen-bond donors (Lipinski definition) is 2. The fourth-order valence-electron chi connectivity index (χ4n) is 0.844. The van der Waals surface area contributed by atoms with Gasteiger partial charge in [0.2, 0.25) is 0 Å². The summed E-state index contributed by atoms with van der Waals surface area (Å²) in [5.41, 5.74) is 0.0957. The van der Waals surface area contributed by atoms with Crippen LogP contribution in [-0.4, -0.2) is 40.7 Å². The van der Waals surface area contributed by atoms with E-state index in [9.17, 15) is 25.2 Å². The van der Waals surface area contributed by atoms with E-state index in [0.717, 1.165) is 0 Å². The maximum atomic E-state index is 9.87. The van der Waals surface area contributed by atoms with Crippen molar-refractivity contribution >= 4 is 18.7 Å². The van der Waals surface area contributed by atoms with Crippen molar-refractivity contribution in [2.45, 2.75) is 0 Å². The second kappa shape index (κ2) is 7.85. The summed E-state index contributed by atoms with van der Waals surface area (Å²) >= 11 is 0. The Kier molecular flexibility index (Phi) is 8.33. The number of rotatable bonds is 6. The van der Waals surface area contributed by atoms with Crippen LogP contribution in [0.5, 0.6) is 0 Å². The Morgan fingerprint density at radius 1 is 0.952 bits per heavy atom. The fraction of sp³-hybridized carbons (Fsp3) is 0.556. The third-order valence-corrected chi connectivity index (χ3v) is 3.68. The van der Waals surface area contributed by atoms with E-state index in [-0.39, 0.29) is 29.7 Å². The predicted molar refractivity (Wildman–Crippen MR) is 69.0 cm³/mol. The van der Waals surface area contributed by atoms with Crippen LogP contribution in [0.2, 0.25) is 0 Å². The van der Waals surface area contributed by atoms with Gasteiger partial charge in [-0.2, -0.15) is 10.5 Å². The van der Waals surface area contributed by atoms with Gasteiger partial charge in [0.15, 0.2) is 0 Å². The molecule has 0 aliphatic rings. The Bertz CT molecular complexity index is 405. The molecule has 0 amide bonds. The van der Waals surface area contributed by atoms with Crippen LogP contribution in [0.15, 0.2) is 11.6 Å². The van der Waals surface area contributed by atoms with E-state index < -0.39 is 7.81 Å². The van der Waals surface area contributed by atoms with Gasteiger partial charge in [0.05, 0.1) is 13.2 Å². The normalized spacial score (nSPS) is 13.9. The van der Waals surface area contributed by atoms with Crippen LogP contribution < -0.4 is 0 Å². The summed E-state index contributed by atoms with van der Waals surface area (Å²) in [6.07, 6.45) is 1.56. The van der Waals surface area contributed by atoms with Gasteiger partial charge < -0.3 is 10.2 Å². The second-order valence-electron chi connectivity index (χ2n) is 3.43. The summed E-state index contributed by atoms with van der Waals surface area (Å²) in [5.74, 6) is 1.81. The number of aliphatic hydroxyl groups is 2. The van der Waals surface area contributed by atoms with Crippen molar-refractivity contribution in [3.05, 3.63) is 11.6 Å². The summed E-state index contributed by atoms with van der Waals surface area (Å²) in [6.45, 7) is 0.150. The molecule has 2 N–H and O–H groups in total. The van der Waals surface area contributed by atoms with Crippen molar-refractivity contribution in [1.82, 2.24) is 0 Å². The standard InChI is InChI=1S/C9H13N2O2S.F6P/c10-7-9(8-11)1-4-14(5-2-12)6-3-13;1-7(2,3,4,5)6/h1,12-13H,2-6H2;/q+1;-1. The molecular weight excluding hydrogens is 345 g/mol. The Morgan fingerprint density at radius 3 is 1.52 bits per heavy atom.